The van der Waals surface area contributed by atoms with Crippen LogP contribution in [0.4, 0.5) is 0 Å². The van der Waals surface area contributed by atoms with Gasteiger partial charge in [0.2, 0.25) is 0 Å². The molecule has 0 aromatic heterocycles. The smallest absolute Gasteiger partial charge is 0.126 e. The molecule has 2 nitrogen and oxygen atoms in total. The second-order valence-corrected chi connectivity index (χ2v) is 5.63. The van der Waals surface area contributed by atoms with Crippen LogP contribution in [0.1, 0.15) is 23.5 Å². The molecule has 2 aromatic carbocycles. The van der Waals surface area contributed by atoms with Crippen LogP contribution in [0.2, 0.25) is 0 Å². The molecule has 108 valence electrons. The number of aldehydes is 1. The normalized spacial score (nSPS) is 24.9. The summed E-state index contributed by atoms with van der Waals surface area (Å²) in [4.78, 5) is 11.5. The van der Waals surface area contributed by atoms with E-state index in [4.69, 9.17) is 4.74 Å². The van der Waals surface area contributed by atoms with E-state index in [0.717, 1.165) is 19.1 Å². The van der Waals surface area contributed by atoms with Crippen molar-refractivity contribution in [1.82, 2.24) is 0 Å². The third kappa shape index (κ3) is 3.22. The first-order valence-corrected chi connectivity index (χ1v) is 7.54. The molecule has 0 bridgehead atoms. The monoisotopic (exact) mass is 280 g/mol. The summed E-state index contributed by atoms with van der Waals surface area (Å²) in [5, 5.41) is 0. The summed E-state index contributed by atoms with van der Waals surface area (Å²) in [6, 6.07) is 20.6. The first-order chi connectivity index (χ1) is 10.4. The molecule has 0 amide bonds. The van der Waals surface area contributed by atoms with Crippen molar-refractivity contribution in [1.29, 1.82) is 0 Å². The molecule has 21 heavy (non-hydrogen) atoms. The highest BCUT2D eigenvalue weighted by Gasteiger charge is 2.37. The van der Waals surface area contributed by atoms with E-state index >= 15 is 0 Å². The van der Waals surface area contributed by atoms with E-state index in [-0.39, 0.29) is 17.9 Å². The van der Waals surface area contributed by atoms with Crippen LogP contribution in [0, 0.1) is 5.92 Å². The van der Waals surface area contributed by atoms with E-state index < -0.39 is 0 Å². The van der Waals surface area contributed by atoms with Gasteiger partial charge in [0.05, 0.1) is 12.7 Å². The van der Waals surface area contributed by atoms with Gasteiger partial charge in [-0.2, -0.15) is 0 Å². The molecule has 2 heteroatoms. The highest BCUT2D eigenvalue weighted by atomic mass is 16.5. The average Bonchev–Trinajstić information content (AvgIpc) is 2.97. The summed E-state index contributed by atoms with van der Waals surface area (Å²) in [5.41, 5.74) is 2.51. The molecule has 1 aliphatic rings. The Morgan fingerprint density at radius 1 is 1.00 bits per heavy atom. The second-order valence-electron chi connectivity index (χ2n) is 5.63. The van der Waals surface area contributed by atoms with Gasteiger partial charge in [-0.3, -0.25) is 0 Å². The molecule has 1 fully saturated rings. The lowest BCUT2D eigenvalue weighted by atomic mass is 9.84. The molecule has 1 aliphatic heterocycles. The quantitative estimate of drug-likeness (QED) is 0.782. The maximum atomic E-state index is 11.5. The summed E-state index contributed by atoms with van der Waals surface area (Å²) in [5.74, 6) is 0.167. The predicted octanol–water partition coefficient (Wildman–Crippen LogP) is 3.62. The van der Waals surface area contributed by atoms with Crippen molar-refractivity contribution in [2.24, 2.45) is 5.92 Å². The molecule has 2 aromatic rings. The number of hydrogen-bond donors (Lipinski definition) is 0. The Bertz CT molecular complexity index is 565. The summed E-state index contributed by atoms with van der Waals surface area (Å²) < 4.78 is 5.91. The number of carbonyl (C=O) groups excluding carboxylic acids is 1. The molecule has 3 rings (SSSR count). The Morgan fingerprint density at radius 3 is 2.33 bits per heavy atom. The van der Waals surface area contributed by atoms with E-state index in [1.54, 1.807) is 0 Å². The van der Waals surface area contributed by atoms with Crippen LogP contribution in [0.5, 0.6) is 0 Å². The van der Waals surface area contributed by atoms with Crippen LogP contribution >= 0.6 is 0 Å². The maximum absolute atomic E-state index is 11.5. The molecule has 0 N–H and O–H groups in total. The van der Waals surface area contributed by atoms with E-state index in [9.17, 15) is 4.79 Å². The fourth-order valence-corrected chi connectivity index (χ4v) is 3.14. The molecule has 0 aliphatic carbocycles. The Labute approximate surface area is 125 Å². The summed E-state index contributed by atoms with van der Waals surface area (Å²) >= 11 is 0. The summed E-state index contributed by atoms with van der Waals surface area (Å²) in [6.07, 6.45) is 2.97. The van der Waals surface area contributed by atoms with Gasteiger partial charge in [0.1, 0.15) is 6.29 Å². The van der Waals surface area contributed by atoms with Crippen LogP contribution in [-0.4, -0.2) is 19.0 Å². The van der Waals surface area contributed by atoms with Gasteiger partial charge in [-0.05, 0) is 24.0 Å². The van der Waals surface area contributed by atoms with Crippen molar-refractivity contribution < 1.29 is 9.53 Å². The first kappa shape index (κ1) is 14.0. The zero-order valence-corrected chi connectivity index (χ0v) is 12.0. The Kier molecular flexibility index (Phi) is 4.46. The van der Waals surface area contributed by atoms with Gasteiger partial charge in [-0.25, -0.2) is 0 Å². The van der Waals surface area contributed by atoms with Crippen molar-refractivity contribution in [2.45, 2.75) is 24.9 Å². The fourth-order valence-electron chi connectivity index (χ4n) is 3.14. The van der Waals surface area contributed by atoms with E-state index in [1.807, 2.05) is 24.3 Å². The summed E-state index contributed by atoms with van der Waals surface area (Å²) in [6.45, 7) is 0.646. The second kappa shape index (κ2) is 6.68. The lowest BCUT2D eigenvalue weighted by Crippen LogP contribution is -2.21. The lowest BCUT2D eigenvalue weighted by Gasteiger charge is -2.17. The minimum absolute atomic E-state index is 0.0314. The first-order valence-electron chi connectivity index (χ1n) is 7.54. The Hall–Kier alpha value is -1.93. The van der Waals surface area contributed by atoms with E-state index in [1.165, 1.54) is 11.1 Å². The fraction of sp³-hybridized carbons (Fsp3) is 0.316. The van der Waals surface area contributed by atoms with Crippen LogP contribution in [0.3, 0.4) is 0 Å². The van der Waals surface area contributed by atoms with Gasteiger partial charge in [0.25, 0.3) is 0 Å². The largest absolute Gasteiger partial charge is 0.377 e. The number of hydrogen-bond acceptors (Lipinski definition) is 2. The highest BCUT2D eigenvalue weighted by molar-refractivity contribution is 5.58. The molecule has 1 saturated heterocycles. The third-order valence-corrected chi connectivity index (χ3v) is 4.33. The van der Waals surface area contributed by atoms with E-state index in [0.29, 0.717) is 6.61 Å². The van der Waals surface area contributed by atoms with Crippen LogP contribution in [0.25, 0.3) is 0 Å². The molecule has 0 saturated carbocycles. The third-order valence-electron chi connectivity index (χ3n) is 4.33. The molecule has 0 radical (unpaired) electrons. The molecule has 3 atom stereocenters. The van der Waals surface area contributed by atoms with E-state index in [2.05, 4.69) is 36.4 Å². The molecule has 0 spiro atoms. The number of rotatable bonds is 5. The lowest BCUT2D eigenvalue weighted by molar-refractivity contribution is -0.112. The molecule has 1 heterocycles. The molecular weight excluding hydrogens is 260 g/mol. The zero-order valence-electron chi connectivity index (χ0n) is 12.0. The zero-order chi connectivity index (χ0) is 14.5. The Morgan fingerprint density at radius 2 is 1.67 bits per heavy atom. The standard InChI is InChI=1S/C19H20O2/c20-13-17-18(16-9-5-2-6-10-16)14-21-19(17)12-11-15-7-3-1-4-8-15/h1-10,13,17-19H,11-12,14H2/t17-,18-,19-/m1/s1. The number of benzene rings is 2. The number of aryl methyl sites for hydroxylation is 1. The van der Waals surface area contributed by atoms with Crippen molar-refractivity contribution in [3.8, 4) is 0 Å². The van der Waals surface area contributed by atoms with Crippen molar-refractivity contribution in [3.05, 3.63) is 71.8 Å². The topological polar surface area (TPSA) is 26.3 Å². The van der Waals surface area contributed by atoms with Crippen LogP contribution < -0.4 is 0 Å². The van der Waals surface area contributed by atoms with Gasteiger partial charge in [0, 0.05) is 11.8 Å². The SMILES string of the molecule is O=C[C@@H]1[C@@H](c2ccccc2)CO[C@@H]1CCc1ccccc1. The molecule has 0 unspecified atom stereocenters. The van der Waals surface area contributed by atoms with Crippen LogP contribution in [-0.2, 0) is 16.0 Å². The van der Waals surface area contributed by atoms with Crippen molar-refractivity contribution in [2.75, 3.05) is 6.61 Å². The number of carbonyl (C=O) groups is 1. The highest BCUT2D eigenvalue weighted by Crippen LogP contribution is 2.35. The van der Waals surface area contributed by atoms with Gasteiger partial charge >= 0.3 is 0 Å². The van der Waals surface area contributed by atoms with Gasteiger partial charge < -0.3 is 9.53 Å². The number of ether oxygens (including phenoxy) is 1. The Balaban J connectivity index is 1.66. The minimum Gasteiger partial charge on any atom is -0.377 e. The van der Waals surface area contributed by atoms with Crippen molar-refractivity contribution >= 4 is 6.29 Å². The average molecular weight is 280 g/mol. The van der Waals surface area contributed by atoms with Crippen LogP contribution in [0.15, 0.2) is 60.7 Å². The van der Waals surface area contributed by atoms with Crippen molar-refractivity contribution in [3.63, 3.8) is 0 Å². The predicted molar refractivity (Wildman–Crippen MR) is 83.2 cm³/mol. The minimum atomic E-state index is -0.0314. The van der Waals surface area contributed by atoms with Gasteiger partial charge in [0.15, 0.2) is 0 Å². The maximum Gasteiger partial charge on any atom is 0.126 e. The van der Waals surface area contributed by atoms with Gasteiger partial charge in [-0.15, -0.1) is 0 Å². The molecular formula is C19H20O2. The summed E-state index contributed by atoms with van der Waals surface area (Å²) in [7, 11) is 0. The van der Waals surface area contributed by atoms with Gasteiger partial charge in [-0.1, -0.05) is 60.7 Å².